The standard InChI is InChI=1S/C22H27N3O2/c1-16-6-3-7-18(12-16)14-25-11-5-8-19(15-25)22(27)24-21-10-4-9-20(13-21)23-17(2)26/h3-4,6-7,9-10,12-13,19H,5,8,11,14-15H2,1-2H3,(H,23,26)(H,24,27). The lowest BCUT2D eigenvalue weighted by Gasteiger charge is -2.32. The highest BCUT2D eigenvalue weighted by Crippen LogP contribution is 2.22. The molecule has 1 saturated heterocycles. The minimum Gasteiger partial charge on any atom is -0.326 e. The van der Waals surface area contributed by atoms with E-state index < -0.39 is 0 Å². The van der Waals surface area contributed by atoms with Crippen LogP contribution in [0.1, 0.15) is 30.9 Å². The number of hydrogen-bond acceptors (Lipinski definition) is 3. The summed E-state index contributed by atoms with van der Waals surface area (Å²) in [5.41, 5.74) is 3.95. The Labute approximate surface area is 160 Å². The molecule has 2 aromatic carbocycles. The van der Waals surface area contributed by atoms with Gasteiger partial charge in [-0.05, 0) is 50.1 Å². The Kier molecular flexibility index (Phi) is 6.24. The van der Waals surface area contributed by atoms with Crippen LogP contribution in [0.4, 0.5) is 11.4 Å². The fourth-order valence-corrected chi connectivity index (χ4v) is 3.60. The third-order valence-electron chi connectivity index (χ3n) is 4.82. The molecule has 1 fully saturated rings. The molecule has 142 valence electrons. The van der Waals surface area contributed by atoms with E-state index in [-0.39, 0.29) is 17.7 Å². The van der Waals surface area contributed by atoms with Crippen molar-refractivity contribution in [1.82, 2.24) is 4.90 Å². The molecule has 2 aromatic rings. The van der Waals surface area contributed by atoms with Gasteiger partial charge in [0.1, 0.15) is 0 Å². The number of amides is 2. The van der Waals surface area contributed by atoms with Crippen molar-refractivity contribution in [2.24, 2.45) is 5.92 Å². The molecule has 0 bridgehead atoms. The first-order valence-electron chi connectivity index (χ1n) is 9.46. The van der Waals surface area contributed by atoms with Crippen LogP contribution in [0, 0.1) is 12.8 Å². The topological polar surface area (TPSA) is 61.4 Å². The summed E-state index contributed by atoms with van der Waals surface area (Å²) in [7, 11) is 0. The van der Waals surface area contributed by atoms with Gasteiger partial charge in [0.15, 0.2) is 0 Å². The van der Waals surface area contributed by atoms with Crippen molar-refractivity contribution in [2.45, 2.75) is 33.2 Å². The molecule has 0 aromatic heterocycles. The van der Waals surface area contributed by atoms with Gasteiger partial charge < -0.3 is 10.6 Å². The van der Waals surface area contributed by atoms with Gasteiger partial charge in [0.2, 0.25) is 11.8 Å². The molecule has 1 aliphatic heterocycles. The molecule has 2 amide bonds. The summed E-state index contributed by atoms with van der Waals surface area (Å²) < 4.78 is 0. The Morgan fingerprint density at radius 3 is 2.56 bits per heavy atom. The van der Waals surface area contributed by atoms with E-state index in [1.54, 1.807) is 12.1 Å². The van der Waals surface area contributed by atoms with E-state index in [0.717, 1.165) is 32.5 Å². The van der Waals surface area contributed by atoms with Gasteiger partial charge in [0, 0.05) is 31.4 Å². The number of nitrogens with zero attached hydrogens (tertiary/aromatic N) is 1. The van der Waals surface area contributed by atoms with Crippen molar-refractivity contribution in [1.29, 1.82) is 0 Å². The molecular formula is C22H27N3O2. The number of aryl methyl sites for hydroxylation is 1. The number of anilines is 2. The summed E-state index contributed by atoms with van der Waals surface area (Å²) in [5.74, 6) is -0.102. The van der Waals surface area contributed by atoms with Gasteiger partial charge in [-0.1, -0.05) is 35.9 Å². The highest BCUT2D eigenvalue weighted by Gasteiger charge is 2.26. The van der Waals surface area contributed by atoms with Crippen molar-refractivity contribution in [3.8, 4) is 0 Å². The molecule has 0 aliphatic carbocycles. The Hall–Kier alpha value is -2.66. The molecule has 5 heteroatoms. The summed E-state index contributed by atoms with van der Waals surface area (Å²) >= 11 is 0. The summed E-state index contributed by atoms with van der Waals surface area (Å²) in [4.78, 5) is 26.3. The number of piperidine rings is 1. The average molecular weight is 365 g/mol. The largest absolute Gasteiger partial charge is 0.326 e. The zero-order chi connectivity index (χ0) is 19.2. The van der Waals surface area contributed by atoms with Crippen LogP contribution < -0.4 is 10.6 Å². The number of nitrogens with one attached hydrogen (secondary N) is 2. The molecule has 3 rings (SSSR count). The lowest BCUT2D eigenvalue weighted by molar-refractivity contribution is -0.121. The van der Waals surface area contributed by atoms with Crippen LogP contribution in [0.3, 0.4) is 0 Å². The Morgan fingerprint density at radius 1 is 1.07 bits per heavy atom. The molecule has 5 nitrogen and oxygen atoms in total. The Balaban J connectivity index is 1.59. The van der Waals surface area contributed by atoms with E-state index in [0.29, 0.717) is 11.4 Å². The second kappa shape index (κ2) is 8.82. The molecule has 27 heavy (non-hydrogen) atoms. The van der Waals surface area contributed by atoms with Gasteiger partial charge in [0.05, 0.1) is 5.92 Å². The molecule has 1 atom stereocenters. The normalized spacial score (nSPS) is 17.3. The Morgan fingerprint density at radius 2 is 1.81 bits per heavy atom. The van der Waals surface area contributed by atoms with Gasteiger partial charge in [-0.15, -0.1) is 0 Å². The molecule has 0 radical (unpaired) electrons. The fourth-order valence-electron chi connectivity index (χ4n) is 3.60. The highest BCUT2D eigenvalue weighted by molar-refractivity contribution is 5.94. The number of carbonyl (C=O) groups is 2. The van der Waals surface area contributed by atoms with Gasteiger partial charge >= 0.3 is 0 Å². The van der Waals surface area contributed by atoms with Crippen LogP contribution >= 0.6 is 0 Å². The first-order chi connectivity index (χ1) is 13.0. The molecule has 1 unspecified atom stereocenters. The molecule has 0 spiro atoms. The van der Waals surface area contributed by atoms with E-state index in [9.17, 15) is 9.59 Å². The van der Waals surface area contributed by atoms with Crippen molar-refractivity contribution in [2.75, 3.05) is 23.7 Å². The minimum atomic E-state index is -0.127. The van der Waals surface area contributed by atoms with Crippen LogP contribution in [-0.4, -0.2) is 29.8 Å². The predicted octanol–water partition coefficient (Wildman–Crippen LogP) is 3.80. The number of carbonyl (C=O) groups excluding carboxylic acids is 2. The summed E-state index contributed by atoms with van der Waals surface area (Å²) in [6, 6.07) is 15.8. The second-order valence-electron chi connectivity index (χ2n) is 7.31. The lowest BCUT2D eigenvalue weighted by atomic mass is 9.96. The molecule has 1 heterocycles. The lowest BCUT2D eigenvalue weighted by Crippen LogP contribution is -2.40. The zero-order valence-electron chi connectivity index (χ0n) is 16.0. The van der Waals surface area contributed by atoms with Gasteiger partial charge in [-0.2, -0.15) is 0 Å². The summed E-state index contributed by atoms with van der Waals surface area (Å²) in [6.45, 7) is 6.24. The zero-order valence-corrected chi connectivity index (χ0v) is 16.0. The second-order valence-corrected chi connectivity index (χ2v) is 7.31. The number of benzene rings is 2. The average Bonchev–Trinajstić information content (AvgIpc) is 2.62. The van der Waals surface area contributed by atoms with Crippen molar-refractivity contribution >= 4 is 23.2 Å². The summed E-state index contributed by atoms with van der Waals surface area (Å²) in [5, 5.41) is 5.74. The SMILES string of the molecule is CC(=O)Nc1cccc(NC(=O)C2CCCN(Cc3cccc(C)c3)C2)c1. The molecule has 1 aliphatic rings. The van der Waals surface area contributed by atoms with Crippen LogP contribution in [0.15, 0.2) is 48.5 Å². The van der Waals surface area contributed by atoms with E-state index in [1.807, 2.05) is 12.1 Å². The van der Waals surface area contributed by atoms with Crippen molar-refractivity contribution in [3.63, 3.8) is 0 Å². The van der Waals surface area contributed by atoms with Crippen LogP contribution in [-0.2, 0) is 16.1 Å². The fraction of sp³-hybridized carbons (Fsp3) is 0.364. The van der Waals surface area contributed by atoms with Crippen molar-refractivity contribution in [3.05, 3.63) is 59.7 Å². The van der Waals surface area contributed by atoms with Gasteiger partial charge in [0.25, 0.3) is 0 Å². The number of likely N-dealkylation sites (tertiary alicyclic amines) is 1. The number of hydrogen-bond donors (Lipinski definition) is 2. The maximum Gasteiger partial charge on any atom is 0.228 e. The first-order valence-corrected chi connectivity index (χ1v) is 9.46. The van der Waals surface area contributed by atoms with Gasteiger partial charge in [-0.3, -0.25) is 14.5 Å². The van der Waals surface area contributed by atoms with E-state index in [1.165, 1.54) is 18.1 Å². The van der Waals surface area contributed by atoms with E-state index in [4.69, 9.17) is 0 Å². The number of rotatable bonds is 5. The molecular weight excluding hydrogens is 338 g/mol. The summed E-state index contributed by atoms with van der Waals surface area (Å²) in [6.07, 6.45) is 1.93. The smallest absolute Gasteiger partial charge is 0.228 e. The third-order valence-corrected chi connectivity index (χ3v) is 4.82. The van der Waals surface area contributed by atoms with E-state index in [2.05, 4.69) is 46.7 Å². The van der Waals surface area contributed by atoms with Gasteiger partial charge in [-0.25, -0.2) is 0 Å². The maximum atomic E-state index is 12.7. The molecule has 2 N–H and O–H groups in total. The van der Waals surface area contributed by atoms with Crippen LogP contribution in [0.25, 0.3) is 0 Å². The van der Waals surface area contributed by atoms with Crippen LogP contribution in [0.2, 0.25) is 0 Å². The predicted molar refractivity (Wildman–Crippen MR) is 109 cm³/mol. The molecule has 0 saturated carbocycles. The minimum absolute atomic E-state index is 0.0204. The van der Waals surface area contributed by atoms with Crippen LogP contribution in [0.5, 0.6) is 0 Å². The quantitative estimate of drug-likeness (QED) is 0.847. The highest BCUT2D eigenvalue weighted by atomic mass is 16.2. The first kappa shape index (κ1) is 19.1. The monoisotopic (exact) mass is 365 g/mol. The maximum absolute atomic E-state index is 12.7. The Bertz CT molecular complexity index is 819. The van der Waals surface area contributed by atoms with E-state index >= 15 is 0 Å². The van der Waals surface area contributed by atoms with Crippen molar-refractivity contribution < 1.29 is 9.59 Å². The third kappa shape index (κ3) is 5.66.